The van der Waals surface area contributed by atoms with Crippen molar-refractivity contribution in [3.63, 3.8) is 0 Å². The molecule has 1 aromatic carbocycles. The van der Waals surface area contributed by atoms with E-state index in [1.54, 1.807) is 4.90 Å². The van der Waals surface area contributed by atoms with Crippen LogP contribution < -0.4 is 10.2 Å². The lowest BCUT2D eigenvalue weighted by Crippen LogP contribution is -2.30. The number of halogens is 3. The van der Waals surface area contributed by atoms with Gasteiger partial charge in [-0.3, -0.25) is 14.5 Å². The zero-order chi connectivity index (χ0) is 19.6. The molecular formula is C16H15F3N4O2S2. The number of amides is 2. The molecule has 1 saturated carbocycles. The van der Waals surface area contributed by atoms with Crippen molar-refractivity contribution in [1.29, 1.82) is 0 Å². The summed E-state index contributed by atoms with van der Waals surface area (Å²) in [6.45, 7) is 1.46. The van der Waals surface area contributed by atoms with Crippen molar-refractivity contribution in [2.24, 2.45) is 0 Å². The third-order valence-corrected chi connectivity index (χ3v) is 5.74. The normalized spacial score (nSPS) is 14.1. The summed E-state index contributed by atoms with van der Waals surface area (Å²) in [5.41, 5.74) is -1.19. The lowest BCUT2D eigenvalue weighted by Gasteiger charge is -2.15. The smallest absolute Gasteiger partial charge is 0.325 e. The molecule has 1 aliphatic carbocycles. The van der Waals surface area contributed by atoms with Crippen LogP contribution in [-0.2, 0) is 15.8 Å². The molecule has 0 unspecified atom stereocenters. The topological polar surface area (TPSA) is 75.2 Å². The fourth-order valence-electron chi connectivity index (χ4n) is 2.39. The van der Waals surface area contributed by atoms with Crippen LogP contribution in [0.15, 0.2) is 28.6 Å². The number of hydrogen-bond acceptors (Lipinski definition) is 6. The Hall–Kier alpha value is -2.14. The molecule has 6 nitrogen and oxygen atoms in total. The molecule has 1 aromatic heterocycles. The molecule has 1 fully saturated rings. The maximum absolute atomic E-state index is 13.0. The number of benzene rings is 1. The highest BCUT2D eigenvalue weighted by Gasteiger charge is 2.35. The molecule has 0 spiro atoms. The number of aromatic nitrogens is 2. The van der Waals surface area contributed by atoms with E-state index in [1.807, 2.05) is 0 Å². The van der Waals surface area contributed by atoms with Crippen molar-refractivity contribution in [3.8, 4) is 0 Å². The van der Waals surface area contributed by atoms with Crippen LogP contribution in [0.5, 0.6) is 0 Å². The van der Waals surface area contributed by atoms with E-state index in [0.29, 0.717) is 9.47 Å². The van der Waals surface area contributed by atoms with Crippen molar-refractivity contribution in [1.82, 2.24) is 10.2 Å². The van der Waals surface area contributed by atoms with Gasteiger partial charge in [0.1, 0.15) is 0 Å². The summed E-state index contributed by atoms with van der Waals surface area (Å²) in [7, 11) is 0. The molecule has 0 saturated heterocycles. The van der Waals surface area contributed by atoms with E-state index in [1.165, 1.54) is 36.5 Å². The Bertz CT molecular complexity index is 852. The average molecular weight is 416 g/mol. The van der Waals surface area contributed by atoms with Gasteiger partial charge in [-0.1, -0.05) is 35.2 Å². The Morgan fingerprint density at radius 2 is 2.00 bits per heavy atom. The molecular weight excluding hydrogens is 401 g/mol. The Morgan fingerprint density at radius 1 is 1.30 bits per heavy atom. The van der Waals surface area contributed by atoms with Gasteiger partial charge in [0.15, 0.2) is 4.34 Å². The van der Waals surface area contributed by atoms with Gasteiger partial charge in [0.05, 0.1) is 17.0 Å². The van der Waals surface area contributed by atoms with Crippen molar-refractivity contribution in [2.45, 2.75) is 36.3 Å². The summed E-state index contributed by atoms with van der Waals surface area (Å²) in [5.74, 6) is -0.824. The average Bonchev–Trinajstić information content (AvgIpc) is 3.30. The van der Waals surface area contributed by atoms with Crippen LogP contribution in [0.4, 0.5) is 24.0 Å². The highest BCUT2D eigenvalue weighted by atomic mass is 32.2. The van der Waals surface area contributed by atoms with Crippen molar-refractivity contribution >= 4 is 45.7 Å². The molecule has 1 aliphatic rings. The second-order valence-electron chi connectivity index (χ2n) is 5.85. The van der Waals surface area contributed by atoms with Gasteiger partial charge in [0.25, 0.3) is 0 Å². The van der Waals surface area contributed by atoms with Crippen molar-refractivity contribution in [3.05, 3.63) is 29.8 Å². The molecule has 0 bridgehead atoms. The minimum atomic E-state index is -4.55. The predicted molar refractivity (Wildman–Crippen MR) is 96.9 cm³/mol. The number of para-hydroxylation sites is 1. The maximum Gasteiger partial charge on any atom is 0.418 e. The van der Waals surface area contributed by atoms with Gasteiger partial charge in [-0.15, -0.1) is 10.2 Å². The molecule has 0 aliphatic heterocycles. The van der Waals surface area contributed by atoms with Crippen molar-refractivity contribution in [2.75, 3.05) is 16.0 Å². The van der Waals surface area contributed by atoms with Crippen LogP contribution in [0.3, 0.4) is 0 Å². The highest BCUT2D eigenvalue weighted by molar-refractivity contribution is 8.01. The Kier molecular flexibility index (Phi) is 5.70. The van der Waals surface area contributed by atoms with Crippen LogP contribution in [-0.4, -0.2) is 33.8 Å². The van der Waals surface area contributed by atoms with Gasteiger partial charge in [0, 0.05) is 13.0 Å². The van der Waals surface area contributed by atoms with Gasteiger partial charge in [-0.25, -0.2) is 0 Å². The van der Waals surface area contributed by atoms with Gasteiger partial charge in [0.2, 0.25) is 16.9 Å². The van der Waals surface area contributed by atoms with Gasteiger partial charge in [-0.05, 0) is 25.0 Å². The molecule has 144 valence electrons. The van der Waals surface area contributed by atoms with E-state index in [-0.39, 0.29) is 23.4 Å². The quantitative estimate of drug-likeness (QED) is 0.573. The molecule has 0 atom stereocenters. The number of alkyl halides is 3. The first-order valence-corrected chi connectivity index (χ1v) is 9.78. The molecule has 0 radical (unpaired) electrons. The van der Waals surface area contributed by atoms with Gasteiger partial charge in [-0.2, -0.15) is 13.2 Å². The largest absolute Gasteiger partial charge is 0.418 e. The minimum absolute atomic E-state index is 0.119. The van der Waals surface area contributed by atoms with Crippen LogP contribution in [0.2, 0.25) is 0 Å². The molecule has 27 heavy (non-hydrogen) atoms. The Labute approximate surface area is 161 Å². The molecule has 3 rings (SSSR count). The highest BCUT2D eigenvalue weighted by Crippen LogP contribution is 2.36. The number of rotatable bonds is 6. The van der Waals surface area contributed by atoms with Crippen LogP contribution >= 0.6 is 23.1 Å². The fraction of sp³-hybridized carbons (Fsp3) is 0.375. The second-order valence-corrected chi connectivity index (χ2v) is 8.03. The number of carbonyl (C=O) groups excluding carboxylic acids is 2. The molecule has 1 N–H and O–H groups in total. The van der Waals surface area contributed by atoms with E-state index < -0.39 is 17.6 Å². The zero-order valence-corrected chi connectivity index (χ0v) is 15.7. The molecule has 2 amide bonds. The zero-order valence-electron chi connectivity index (χ0n) is 14.1. The molecule has 2 aromatic rings. The summed E-state index contributed by atoms with van der Waals surface area (Å²) in [6.07, 6.45) is -2.71. The maximum atomic E-state index is 13.0. The van der Waals surface area contributed by atoms with E-state index in [0.717, 1.165) is 30.7 Å². The lowest BCUT2D eigenvalue weighted by atomic mass is 10.1. The SMILES string of the molecule is CC(=O)N(c1nnc(SCC(=O)Nc2ccccc2C(F)(F)F)s1)C1CC1. The first-order chi connectivity index (χ1) is 12.8. The number of anilines is 2. The predicted octanol–water partition coefficient (Wildman–Crippen LogP) is 3.80. The number of nitrogens with zero attached hydrogens (tertiary/aromatic N) is 3. The summed E-state index contributed by atoms with van der Waals surface area (Å²) in [6, 6.07) is 4.94. The molecule has 11 heteroatoms. The van der Waals surface area contributed by atoms with Crippen LogP contribution in [0.1, 0.15) is 25.3 Å². The van der Waals surface area contributed by atoms with Crippen LogP contribution in [0, 0.1) is 0 Å². The first-order valence-electron chi connectivity index (χ1n) is 7.98. The van der Waals surface area contributed by atoms with Gasteiger partial charge < -0.3 is 5.32 Å². The summed E-state index contributed by atoms with van der Waals surface area (Å²) in [4.78, 5) is 25.3. The Balaban J connectivity index is 1.60. The van der Waals surface area contributed by atoms with Gasteiger partial charge >= 0.3 is 6.18 Å². The standard InChI is InChI=1S/C16H15F3N4O2S2/c1-9(24)23(10-6-7-10)14-21-22-15(27-14)26-8-13(25)20-12-5-3-2-4-11(12)16(17,18)19/h2-5,10H,6-8H2,1H3,(H,20,25). The first kappa shape index (κ1) is 19.6. The van der Waals surface area contributed by atoms with E-state index in [2.05, 4.69) is 15.5 Å². The summed E-state index contributed by atoms with van der Waals surface area (Å²) >= 11 is 2.24. The number of nitrogens with one attached hydrogen (secondary N) is 1. The summed E-state index contributed by atoms with van der Waals surface area (Å²) in [5, 5.41) is 10.7. The van der Waals surface area contributed by atoms with E-state index >= 15 is 0 Å². The summed E-state index contributed by atoms with van der Waals surface area (Å²) < 4.78 is 39.3. The third kappa shape index (κ3) is 4.98. The second kappa shape index (κ2) is 7.85. The number of thioether (sulfide) groups is 1. The number of hydrogen-bond donors (Lipinski definition) is 1. The Morgan fingerprint density at radius 3 is 2.63 bits per heavy atom. The van der Waals surface area contributed by atoms with Crippen LogP contribution in [0.25, 0.3) is 0 Å². The van der Waals surface area contributed by atoms with Crippen molar-refractivity contribution < 1.29 is 22.8 Å². The monoisotopic (exact) mass is 416 g/mol. The lowest BCUT2D eigenvalue weighted by molar-refractivity contribution is -0.137. The van der Waals surface area contributed by atoms with E-state index in [4.69, 9.17) is 0 Å². The third-order valence-electron chi connectivity index (χ3n) is 3.69. The molecule has 1 heterocycles. The minimum Gasteiger partial charge on any atom is -0.325 e. The fourth-order valence-corrected chi connectivity index (χ4v) is 4.15. The van der Waals surface area contributed by atoms with E-state index in [9.17, 15) is 22.8 Å². The number of carbonyl (C=O) groups is 2.